The maximum Gasteiger partial charge on any atom is 0.141 e. The van der Waals surface area contributed by atoms with Gasteiger partial charge in [0, 0.05) is 38.1 Å². The predicted molar refractivity (Wildman–Crippen MR) is 67.5 cm³/mol. The van der Waals surface area contributed by atoms with E-state index >= 15 is 0 Å². The third kappa shape index (κ3) is 2.92. The minimum atomic E-state index is -0.310. The van der Waals surface area contributed by atoms with Crippen molar-refractivity contribution in [2.45, 2.75) is 19.4 Å². The summed E-state index contributed by atoms with van der Waals surface area (Å²) in [5.41, 5.74) is 0.847. The molecule has 0 saturated heterocycles. The lowest BCUT2D eigenvalue weighted by atomic mass is 10.1. The first-order valence-electron chi connectivity index (χ1n) is 6.00. The molecule has 2 aromatic heterocycles. The Labute approximate surface area is 106 Å². The van der Waals surface area contributed by atoms with Gasteiger partial charge in [0.15, 0.2) is 0 Å². The molecule has 5 heteroatoms. The average Bonchev–Trinajstić information content (AvgIpc) is 2.74. The molecule has 4 nitrogen and oxygen atoms in total. The molecule has 0 saturated carbocycles. The van der Waals surface area contributed by atoms with E-state index < -0.39 is 0 Å². The number of hydrogen-bond acceptors (Lipinski definition) is 3. The predicted octanol–water partition coefficient (Wildman–Crippen LogP) is 1.85. The molecule has 0 fully saturated rings. The fourth-order valence-electron chi connectivity index (χ4n) is 1.95. The summed E-state index contributed by atoms with van der Waals surface area (Å²) in [5, 5.41) is 3.33. The topological polar surface area (TPSA) is 42.7 Å². The number of halogens is 1. The van der Waals surface area contributed by atoms with E-state index in [1.54, 1.807) is 12.4 Å². The molecule has 0 aliphatic rings. The fourth-order valence-corrected chi connectivity index (χ4v) is 1.95. The van der Waals surface area contributed by atoms with Crippen LogP contribution in [0.25, 0.3) is 0 Å². The lowest BCUT2D eigenvalue weighted by molar-refractivity contribution is 0.521. The van der Waals surface area contributed by atoms with Crippen LogP contribution in [0.5, 0.6) is 0 Å². The van der Waals surface area contributed by atoms with Crippen molar-refractivity contribution in [1.29, 1.82) is 0 Å². The third-order valence-corrected chi connectivity index (χ3v) is 2.89. The molecule has 1 unspecified atom stereocenters. The number of hydrogen-bond donors (Lipinski definition) is 1. The molecule has 18 heavy (non-hydrogen) atoms. The second-order valence-electron chi connectivity index (χ2n) is 4.21. The van der Waals surface area contributed by atoms with E-state index in [4.69, 9.17) is 0 Å². The molecule has 2 aromatic rings. The van der Waals surface area contributed by atoms with Gasteiger partial charge in [0.05, 0.1) is 6.20 Å². The van der Waals surface area contributed by atoms with E-state index in [0.717, 1.165) is 17.9 Å². The number of imidazole rings is 1. The third-order valence-electron chi connectivity index (χ3n) is 2.89. The van der Waals surface area contributed by atoms with Crippen LogP contribution in [0.1, 0.15) is 24.4 Å². The Morgan fingerprint density at radius 2 is 2.28 bits per heavy atom. The minimum Gasteiger partial charge on any atom is -0.338 e. The summed E-state index contributed by atoms with van der Waals surface area (Å²) in [5.74, 6) is 0.653. The van der Waals surface area contributed by atoms with Gasteiger partial charge < -0.3 is 9.88 Å². The quantitative estimate of drug-likeness (QED) is 0.878. The van der Waals surface area contributed by atoms with Gasteiger partial charge in [0.2, 0.25) is 0 Å². The lowest BCUT2D eigenvalue weighted by Gasteiger charge is -2.17. The van der Waals surface area contributed by atoms with Crippen LogP contribution in [0.2, 0.25) is 0 Å². The maximum atomic E-state index is 13.2. The van der Waals surface area contributed by atoms with Gasteiger partial charge in [-0.25, -0.2) is 9.37 Å². The van der Waals surface area contributed by atoms with Crippen LogP contribution in [-0.4, -0.2) is 21.1 Å². The maximum absolute atomic E-state index is 13.2. The van der Waals surface area contributed by atoms with Gasteiger partial charge in [-0.1, -0.05) is 6.92 Å². The highest BCUT2D eigenvalue weighted by atomic mass is 19.1. The Hall–Kier alpha value is -1.75. The largest absolute Gasteiger partial charge is 0.338 e. The van der Waals surface area contributed by atoms with Crippen molar-refractivity contribution < 1.29 is 4.39 Å². The summed E-state index contributed by atoms with van der Waals surface area (Å²) in [6, 6.07) is 1.54. The van der Waals surface area contributed by atoms with Crippen LogP contribution in [0, 0.1) is 5.82 Å². The second-order valence-corrected chi connectivity index (χ2v) is 4.21. The number of pyridine rings is 1. The minimum absolute atomic E-state index is 0.0271. The summed E-state index contributed by atoms with van der Waals surface area (Å²) >= 11 is 0. The number of aromatic nitrogens is 3. The molecule has 1 atom stereocenters. The molecule has 2 rings (SSSR count). The average molecular weight is 248 g/mol. The highest BCUT2D eigenvalue weighted by Gasteiger charge is 2.14. The van der Waals surface area contributed by atoms with E-state index in [9.17, 15) is 4.39 Å². The monoisotopic (exact) mass is 248 g/mol. The Kier molecular flexibility index (Phi) is 4.04. The van der Waals surface area contributed by atoms with Gasteiger partial charge in [0.1, 0.15) is 11.6 Å². The fraction of sp³-hybridized carbons (Fsp3) is 0.385. The highest BCUT2D eigenvalue weighted by molar-refractivity contribution is 5.17. The Balaban J connectivity index is 2.20. The Morgan fingerprint density at radius 1 is 1.44 bits per heavy atom. The highest BCUT2D eigenvalue weighted by Crippen LogP contribution is 2.17. The summed E-state index contributed by atoms with van der Waals surface area (Å²) in [6.07, 6.45) is 7.29. The van der Waals surface area contributed by atoms with Crippen LogP contribution >= 0.6 is 0 Å². The van der Waals surface area contributed by atoms with Crippen molar-refractivity contribution in [3.8, 4) is 0 Å². The summed E-state index contributed by atoms with van der Waals surface area (Å²) in [6.45, 7) is 2.84. The lowest BCUT2D eigenvalue weighted by Crippen LogP contribution is -2.24. The Bertz CT molecular complexity index is 509. The summed E-state index contributed by atoms with van der Waals surface area (Å²) < 4.78 is 15.2. The van der Waals surface area contributed by atoms with Crippen molar-refractivity contribution in [1.82, 2.24) is 19.9 Å². The molecule has 96 valence electrons. The van der Waals surface area contributed by atoms with E-state index in [0.29, 0.717) is 6.42 Å². The molecular weight excluding hydrogens is 231 g/mol. The zero-order chi connectivity index (χ0) is 13.0. The smallest absolute Gasteiger partial charge is 0.141 e. The molecule has 0 bridgehead atoms. The molecule has 2 heterocycles. The normalized spacial score (nSPS) is 12.6. The van der Waals surface area contributed by atoms with E-state index in [2.05, 4.69) is 15.3 Å². The molecule has 1 N–H and O–H groups in total. The van der Waals surface area contributed by atoms with Crippen LogP contribution < -0.4 is 5.32 Å². The van der Waals surface area contributed by atoms with Crippen LogP contribution in [0.4, 0.5) is 4.39 Å². The summed E-state index contributed by atoms with van der Waals surface area (Å²) in [4.78, 5) is 8.19. The molecular formula is C13H17FN4. The number of nitrogens with zero attached hydrogens (tertiary/aromatic N) is 3. The van der Waals surface area contributed by atoms with Gasteiger partial charge in [-0.2, -0.15) is 0 Å². The van der Waals surface area contributed by atoms with Gasteiger partial charge in [-0.15, -0.1) is 0 Å². The molecule has 0 aromatic carbocycles. The van der Waals surface area contributed by atoms with Gasteiger partial charge in [0.25, 0.3) is 0 Å². The van der Waals surface area contributed by atoms with E-state index in [1.807, 2.05) is 24.7 Å². The Morgan fingerprint density at radius 3 is 2.89 bits per heavy atom. The molecule has 0 spiro atoms. The number of likely N-dealkylation sites (N-methyl/N-ethyl adjacent to an activating group) is 1. The molecule has 0 aliphatic heterocycles. The van der Waals surface area contributed by atoms with Gasteiger partial charge in [-0.3, -0.25) is 4.98 Å². The number of aryl methyl sites for hydroxylation is 1. The van der Waals surface area contributed by atoms with E-state index in [1.165, 1.54) is 12.3 Å². The van der Waals surface area contributed by atoms with E-state index in [-0.39, 0.29) is 11.9 Å². The molecule has 0 amide bonds. The van der Waals surface area contributed by atoms with Crippen molar-refractivity contribution in [2.75, 3.05) is 6.54 Å². The first-order chi connectivity index (χ1) is 8.70. The number of rotatable bonds is 5. The van der Waals surface area contributed by atoms with Gasteiger partial charge >= 0.3 is 0 Å². The van der Waals surface area contributed by atoms with Crippen LogP contribution in [-0.2, 0) is 13.5 Å². The van der Waals surface area contributed by atoms with Crippen LogP contribution in [0.3, 0.4) is 0 Å². The van der Waals surface area contributed by atoms with Crippen molar-refractivity contribution >= 4 is 0 Å². The SMILES string of the molecule is CCNC(Cc1nccn1C)c1cncc(F)c1. The first kappa shape index (κ1) is 12.7. The zero-order valence-electron chi connectivity index (χ0n) is 10.6. The number of nitrogens with one attached hydrogen (secondary N) is 1. The van der Waals surface area contributed by atoms with Crippen LogP contribution in [0.15, 0.2) is 30.9 Å². The summed E-state index contributed by atoms with van der Waals surface area (Å²) in [7, 11) is 1.95. The van der Waals surface area contributed by atoms with Gasteiger partial charge in [-0.05, 0) is 18.2 Å². The first-order valence-corrected chi connectivity index (χ1v) is 6.00. The van der Waals surface area contributed by atoms with Crippen molar-refractivity contribution in [2.24, 2.45) is 7.05 Å². The zero-order valence-corrected chi connectivity index (χ0v) is 10.6. The molecule has 0 radical (unpaired) electrons. The second kappa shape index (κ2) is 5.73. The standard InChI is InChI=1S/C13H17FN4/c1-3-16-12(7-13-17-4-5-18(13)2)10-6-11(14)9-15-8-10/h4-6,8-9,12,16H,3,7H2,1-2H3. The van der Waals surface area contributed by atoms with Crippen molar-refractivity contribution in [3.63, 3.8) is 0 Å². The van der Waals surface area contributed by atoms with Crippen molar-refractivity contribution in [3.05, 3.63) is 48.1 Å². The molecule has 0 aliphatic carbocycles.